The molecular weight excluding hydrogens is 500 g/mol. The van der Waals surface area contributed by atoms with Gasteiger partial charge in [0.05, 0.1) is 18.4 Å². The van der Waals surface area contributed by atoms with Crippen LogP contribution in [-0.2, 0) is 17.8 Å². The summed E-state index contributed by atoms with van der Waals surface area (Å²) in [5.74, 6) is 1.48. The molecule has 0 N–H and O–H groups in total. The van der Waals surface area contributed by atoms with Gasteiger partial charge in [0.2, 0.25) is 0 Å². The molecule has 0 bridgehead atoms. The minimum Gasteiger partial charge on any atom is -0.497 e. The van der Waals surface area contributed by atoms with Crippen LogP contribution in [0, 0.1) is 0 Å². The molecule has 0 aliphatic carbocycles. The second-order valence-corrected chi connectivity index (χ2v) is 10.4. The van der Waals surface area contributed by atoms with Crippen LogP contribution in [0.2, 0.25) is 0 Å². The number of hydrogen-bond acceptors (Lipinski definition) is 6. The lowest BCUT2D eigenvalue weighted by molar-refractivity contribution is 0.0322. The molecule has 1 saturated heterocycles. The number of carbonyl (C=O) groups excluding carboxylic acids is 1. The number of ether oxygens (including phenoxy) is 3. The first-order valence-electron chi connectivity index (χ1n) is 13.9. The molecule has 6 rings (SSSR count). The summed E-state index contributed by atoms with van der Waals surface area (Å²) >= 11 is 0. The minimum absolute atomic E-state index is 0.178. The SMILES string of the molecule is COc1ccc(CCN2C[C@@H](OC(=O)c3ccccc3)C[C@@H]2CN2c3ccccc3COc3ccccc32)cc1. The van der Waals surface area contributed by atoms with Crippen molar-refractivity contribution in [2.45, 2.75) is 31.6 Å². The Morgan fingerprint density at radius 3 is 2.40 bits per heavy atom. The highest BCUT2D eigenvalue weighted by molar-refractivity contribution is 5.89. The number of fused-ring (bicyclic) bond motifs is 2. The molecule has 0 aromatic heterocycles. The monoisotopic (exact) mass is 534 g/mol. The molecule has 6 nitrogen and oxygen atoms in total. The van der Waals surface area contributed by atoms with Crippen LogP contribution in [0.3, 0.4) is 0 Å². The average molecular weight is 535 g/mol. The molecule has 0 radical (unpaired) electrons. The van der Waals surface area contributed by atoms with Gasteiger partial charge in [-0.05, 0) is 54.4 Å². The second kappa shape index (κ2) is 11.8. The van der Waals surface area contributed by atoms with Gasteiger partial charge in [-0.1, -0.05) is 60.7 Å². The van der Waals surface area contributed by atoms with Crippen LogP contribution in [0.5, 0.6) is 11.5 Å². The maximum atomic E-state index is 12.9. The van der Waals surface area contributed by atoms with E-state index in [4.69, 9.17) is 14.2 Å². The zero-order valence-corrected chi connectivity index (χ0v) is 22.7. The number of anilines is 2. The Bertz CT molecular complexity index is 1390. The fourth-order valence-electron chi connectivity index (χ4n) is 5.74. The maximum absolute atomic E-state index is 12.9. The smallest absolute Gasteiger partial charge is 0.338 e. The van der Waals surface area contributed by atoms with Gasteiger partial charge in [-0.2, -0.15) is 0 Å². The van der Waals surface area contributed by atoms with E-state index < -0.39 is 0 Å². The van der Waals surface area contributed by atoms with Crippen molar-refractivity contribution in [3.05, 3.63) is 120 Å². The van der Waals surface area contributed by atoms with Crippen molar-refractivity contribution in [2.24, 2.45) is 0 Å². The lowest BCUT2D eigenvalue weighted by atomic mass is 10.1. The Labute approximate surface area is 235 Å². The summed E-state index contributed by atoms with van der Waals surface area (Å²) in [4.78, 5) is 17.8. The van der Waals surface area contributed by atoms with Crippen LogP contribution in [-0.4, -0.2) is 49.8 Å². The van der Waals surface area contributed by atoms with Crippen molar-refractivity contribution in [1.82, 2.24) is 4.90 Å². The van der Waals surface area contributed by atoms with Crippen molar-refractivity contribution in [1.29, 1.82) is 0 Å². The molecule has 2 heterocycles. The quantitative estimate of drug-likeness (QED) is 0.249. The van der Waals surface area contributed by atoms with Gasteiger partial charge in [0.15, 0.2) is 0 Å². The van der Waals surface area contributed by atoms with E-state index in [0.717, 1.165) is 54.4 Å². The summed E-state index contributed by atoms with van der Waals surface area (Å²) in [5.41, 5.74) is 5.22. The fourth-order valence-corrected chi connectivity index (χ4v) is 5.74. The lowest BCUT2D eigenvalue weighted by Crippen LogP contribution is -2.39. The highest BCUT2D eigenvalue weighted by Crippen LogP contribution is 2.40. The van der Waals surface area contributed by atoms with E-state index in [1.54, 1.807) is 19.2 Å². The van der Waals surface area contributed by atoms with E-state index in [1.165, 1.54) is 5.56 Å². The molecule has 1 fully saturated rings. The first-order chi connectivity index (χ1) is 19.7. The lowest BCUT2D eigenvalue weighted by Gasteiger charge is -2.32. The van der Waals surface area contributed by atoms with Gasteiger partial charge in [0.25, 0.3) is 0 Å². The van der Waals surface area contributed by atoms with Crippen LogP contribution in [0.25, 0.3) is 0 Å². The molecule has 0 saturated carbocycles. The van der Waals surface area contributed by atoms with E-state index in [2.05, 4.69) is 58.3 Å². The Hall–Kier alpha value is -4.29. The number of methoxy groups -OCH3 is 1. The zero-order chi connectivity index (χ0) is 27.3. The first kappa shape index (κ1) is 26.0. The van der Waals surface area contributed by atoms with Crippen LogP contribution in [0.4, 0.5) is 11.4 Å². The van der Waals surface area contributed by atoms with Crippen LogP contribution >= 0.6 is 0 Å². The number of esters is 1. The normalized spacial score (nSPS) is 18.3. The van der Waals surface area contributed by atoms with Gasteiger partial charge >= 0.3 is 5.97 Å². The third-order valence-electron chi connectivity index (χ3n) is 7.83. The first-order valence-corrected chi connectivity index (χ1v) is 13.9. The molecular formula is C34H34N2O4. The van der Waals surface area contributed by atoms with Gasteiger partial charge < -0.3 is 19.1 Å². The molecule has 204 valence electrons. The summed E-state index contributed by atoms with van der Waals surface area (Å²) in [6.07, 6.45) is 1.49. The number of hydrogen-bond donors (Lipinski definition) is 0. The molecule has 6 heteroatoms. The minimum atomic E-state index is -0.264. The largest absolute Gasteiger partial charge is 0.497 e. The number of benzene rings is 4. The van der Waals surface area contributed by atoms with Crippen molar-refractivity contribution in [3.63, 3.8) is 0 Å². The van der Waals surface area contributed by atoms with Crippen molar-refractivity contribution >= 4 is 17.3 Å². The predicted octanol–water partition coefficient (Wildman–Crippen LogP) is 6.27. The number of likely N-dealkylation sites (tertiary alicyclic amines) is 1. The molecule has 2 aliphatic heterocycles. The van der Waals surface area contributed by atoms with E-state index in [0.29, 0.717) is 18.7 Å². The second-order valence-electron chi connectivity index (χ2n) is 10.4. The summed E-state index contributed by atoms with van der Waals surface area (Å²) in [6.45, 7) is 2.86. The summed E-state index contributed by atoms with van der Waals surface area (Å²) in [7, 11) is 1.69. The van der Waals surface area contributed by atoms with E-state index in [9.17, 15) is 4.79 Å². The Kier molecular flexibility index (Phi) is 7.69. The Balaban J connectivity index is 1.25. The average Bonchev–Trinajstić information content (AvgIpc) is 3.31. The van der Waals surface area contributed by atoms with Crippen molar-refractivity contribution in [3.8, 4) is 11.5 Å². The molecule has 2 aliphatic rings. The molecule has 4 aromatic carbocycles. The number of para-hydroxylation sites is 3. The van der Waals surface area contributed by atoms with Crippen LogP contribution < -0.4 is 14.4 Å². The molecule has 4 aromatic rings. The van der Waals surface area contributed by atoms with Crippen molar-refractivity contribution < 1.29 is 19.0 Å². The van der Waals surface area contributed by atoms with Gasteiger partial charge in [0.1, 0.15) is 24.2 Å². The third kappa shape index (κ3) is 5.68. The standard InChI is InChI=1S/C34H34N2O4/c1-38-29-17-15-25(16-18-29)19-20-35-23-30(40-34(37)26-9-3-2-4-10-26)21-28(35)22-36-31-12-6-5-11-27(31)24-39-33-14-8-7-13-32(33)36/h2-18,28,30H,19-24H2,1H3/t28-,30+/m1/s1. The van der Waals surface area contributed by atoms with Gasteiger partial charge in [-0.25, -0.2) is 4.79 Å². The molecule has 0 amide bonds. The third-order valence-corrected chi connectivity index (χ3v) is 7.83. The van der Waals surface area contributed by atoms with E-state index in [-0.39, 0.29) is 18.1 Å². The predicted molar refractivity (Wildman–Crippen MR) is 157 cm³/mol. The van der Waals surface area contributed by atoms with Gasteiger partial charge in [-0.15, -0.1) is 0 Å². The van der Waals surface area contributed by atoms with E-state index in [1.807, 2.05) is 42.5 Å². The zero-order valence-electron chi connectivity index (χ0n) is 22.7. The van der Waals surface area contributed by atoms with Crippen LogP contribution in [0.15, 0.2) is 103 Å². The topological polar surface area (TPSA) is 51.2 Å². The fraction of sp³-hybridized carbons (Fsp3) is 0.265. The highest BCUT2D eigenvalue weighted by Gasteiger charge is 2.36. The van der Waals surface area contributed by atoms with Crippen molar-refractivity contribution in [2.75, 3.05) is 31.6 Å². The molecule has 0 spiro atoms. The molecule has 40 heavy (non-hydrogen) atoms. The Morgan fingerprint density at radius 2 is 1.60 bits per heavy atom. The van der Waals surface area contributed by atoms with Gasteiger partial charge in [0, 0.05) is 43.3 Å². The van der Waals surface area contributed by atoms with Crippen LogP contribution in [0.1, 0.15) is 27.9 Å². The van der Waals surface area contributed by atoms with E-state index >= 15 is 0 Å². The summed E-state index contributed by atoms with van der Waals surface area (Å²) in [5, 5.41) is 0. The number of rotatable bonds is 8. The summed E-state index contributed by atoms with van der Waals surface area (Å²) in [6, 6.07) is 34.4. The Morgan fingerprint density at radius 1 is 0.875 bits per heavy atom. The number of carbonyl (C=O) groups is 1. The summed E-state index contributed by atoms with van der Waals surface area (Å²) < 4.78 is 17.6. The molecule has 2 atom stereocenters. The molecule has 0 unspecified atom stereocenters. The maximum Gasteiger partial charge on any atom is 0.338 e. The van der Waals surface area contributed by atoms with Gasteiger partial charge in [-0.3, -0.25) is 4.90 Å². The number of nitrogens with zero attached hydrogens (tertiary/aromatic N) is 2. The highest BCUT2D eigenvalue weighted by atomic mass is 16.5.